The van der Waals surface area contributed by atoms with Crippen molar-refractivity contribution in [2.24, 2.45) is 0 Å². The molecule has 26 heavy (non-hydrogen) atoms. The molecule has 136 valence electrons. The lowest BCUT2D eigenvalue weighted by Gasteiger charge is -2.22. The van der Waals surface area contributed by atoms with Crippen molar-refractivity contribution in [1.82, 2.24) is 14.8 Å². The molecule has 6 nitrogen and oxygen atoms in total. The monoisotopic (exact) mass is 353 g/mol. The van der Waals surface area contributed by atoms with Crippen molar-refractivity contribution < 1.29 is 14.4 Å². The van der Waals surface area contributed by atoms with Gasteiger partial charge < -0.3 is 9.88 Å². The van der Waals surface area contributed by atoms with E-state index in [9.17, 15) is 14.4 Å². The Morgan fingerprint density at radius 3 is 2.38 bits per heavy atom. The summed E-state index contributed by atoms with van der Waals surface area (Å²) in [4.78, 5) is 39.1. The molecule has 0 aliphatic carbocycles. The van der Waals surface area contributed by atoms with Crippen molar-refractivity contribution >= 4 is 17.7 Å². The second-order valence-electron chi connectivity index (χ2n) is 6.76. The molecule has 1 unspecified atom stereocenters. The van der Waals surface area contributed by atoms with Gasteiger partial charge in [0.1, 0.15) is 5.54 Å². The van der Waals surface area contributed by atoms with Crippen molar-refractivity contribution in [3.8, 4) is 0 Å². The van der Waals surface area contributed by atoms with Crippen molar-refractivity contribution in [2.45, 2.75) is 39.8 Å². The Morgan fingerprint density at radius 1 is 1.15 bits per heavy atom. The molecule has 6 heteroatoms. The molecule has 0 bridgehead atoms. The van der Waals surface area contributed by atoms with Gasteiger partial charge in [-0.2, -0.15) is 0 Å². The molecule has 1 aliphatic heterocycles. The highest BCUT2D eigenvalue weighted by Crippen LogP contribution is 2.29. The highest BCUT2D eigenvalue weighted by Gasteiger charge is 2.49. The summed E-state index contributed by atoms with van der Waals surface area (Å²) in [7, 11) is 0. The molecule has 1 atom stereocenters. The third kappa shape index (κ3) is 2.71. The van der Waals surface area contributed by atoms with Gasteiger partial charge in [0.2, 0.25) is 0 Å². The Hall–Kier alpha value is -2.89. The summed E-state index contributed by atoms with van der Waals surface area (Å²) >= 11 is 0. The SMILES string of the molecule is CCn1c(C)cc(C(=O)CN2C(=O)NC(C)(c3ccccc3)C2=O)c1C. The van der Waals surface area contributed by atoms with Gasteiger partial charge in [-0.1, -0.05) is 30.3 Å². The molecule has 1 fully saturated rings. The van der Waals surface area contributed by atoms with E-state index in [2.05, 4.69) is 5.32 Å². The second kappa shape index (κ2) is 6.44. The lowest BCUT2D eigenvalue weighted by molar-refractivity contribution is -0.130. The minimum absolute atomic E-state index is 0.237. The molecule has 1 saturated heterocycles. The number of benzene rings is 1. The van der Waals surface area contributed by atoms with E-state index in [0.717, 1.165) is 22.8 Å². The summed E-state index contributed by atoms with van der Waals surface area (Å²) in [6, 6.07) is 10.3. The highest BCUT2D eigenvalue weighted by molar-refractivity contribution is 6.11. The van der Waals surface area contributed by atoms with Crippen LogP contribution < -0.4 is 5.32 Å². The maximum atomic E-state index is 12.9. The largest absolute Gasteiger partial charge is 0.349 e. The van der Waals surface area contributed by atoms with E-state index in [1.807, 2.05) is 49.6 Å². The summed E-state index contributed by atoms with van der Waals surface area (Å²) < 4.78 is 2.03. The van der Waals surface area contributed by atoms with E-state index < -0.39 is 17.5 Å². The zero-order valence-corrected chi connectivity index (χ0v) is 15.5. The molecule has 1 aromatic heterocycles. The van der Waals surface area contributed by atoms with Crippen LogP contribution in [0.1, 0.15) is 41.2 Å². The van der Waals surface area contributed by atoms with Crippen molar-refractivity contribution in [3.63, 3.8) is 0 Å². The lowest BCUT2D eigenvalue weighted by atomic mass is 9.92. The van der Waals surface area contributed by atoms with Gasteiger partial charge in [0.05, 0.1) is 6.54 Å². The van der Waals surface area contributed by atoms with Crippen LogP contribution in [0.15, 0.2) is 36.4 Å². The van der Waals surface area contributed by atoms with E-state index >= 15 is 0 Å². The molecule has 0 radical (unpaired) electrons. The maximum Gasteiger partial charge on any atom is 0.325 e. The van der Waals surface area contributed by atoms with Crippen molar-refractivity contribution in [3.05, 3.63) is 58.9 Å². The van der Waals surface area contributed by atoms with Crippen LogP contribution in [0.25, 0.3) is 0 Å². The number of urea groups is 1. The third-order valence-electron chi connectivity index (χ3n) is 5.12. The number of Topliss-reactive ketones (excluding diaryl/α,β-unsaturated/α-hetero) is 1. The van der Waals surface area contributed by atoms with E-state index in [0.29, 0.717) is 11.1 Å². The molecule has 2 aromatic rings. The summed E-state index contributed by atoms with van der Waals surface area (Å²) in [5.41, 5.74) is 1.93. The van der Waals surface area contributed by atoms with E-state index in [1.54, 1.807) is 19.1 Å². The molecule has 0 saturated carbocycles. The van der Waals surface area contributed by atoms with Crippen LogP contribution >= 0.6 is 0 Å². The molecule has 3 rings (SSSR count). The molecule has 0 spiro atoms. The number of hydrogen-bond donors (Lipinski definition) is 1. The number of nitrogens with zero attached hydrogens (tertiary/aromatic N) is 2. The van der Waals surface area contributed by atoms with Gasteiger partial charge in [-0.25, -0.2) is 4.79 Å². The summed E-state index contributed by atoms with van der Waals surface area (Å²) in [5.74, 6) is -0.648. The van der Waals surface area contributed by atoms with Crippen LogP contribution in [0.3, 0.4) is 0 Å². The van der Waals surface area contributed by atoms with Gasteiger partial charge in [0.25, 0.3) is 5.91 Å². The molecule has 2 heterocycles. The predicted octanol–water partition coefficient (Wildman–Crippen LogP) is 2.77. The fourth-order valence-electron chi connectivity index (χ4n) is 3.61. The first-order valence-electron chi connectivity index (χ1n) is 8.69. The predicted molar refractivity (Wildman–Crippen MR) is 97.9 cm³/mol. The van der Waals surface area contributed by atoms with Crippen LogP contribution in [-0.2, 0) is 16.9 Å². The number of carbonyl (C=O) groups excluding carboxylic acids is 3. The molecule has 3 amide bonds. The average molecular weight is 353 g/mol. The number of nitrogens with one attached hydrogen (secondary N) is 1. The Morgan fingerprint density at radius 2 is 1.81 bits per heavy atom. The maximum absolute atomic E-state index is 12.9. The van der Waals surface area contributed by atoms with Crippen LogP contribution in [0, 0.1) is 13.8 Å². The number of aryl methyl sites for hydroxylation is 1. The number of imide groups is 1. The third-order valence-corrected chi connectivity index (χ3v) is 5.12. The van der Waals surface area contributed by atoms with Gasteiger partial charge in [-0.05, 0) is 39.3 Å². The topological polar surface area (TPSA) is 71.4 Å². The van der Waals surface area contributed by atoms with Crippen LogP contribution in [0.4, 0.5) is 4.79 Å². The fraction of sp³-hybridized carbons (Fsp3) is 0.350. The molecule has 1 N–H and O–H groups in total. The Labute approximate surface area is 152 Å². The standard InChI is InChI=1S/C20H23N3O3/c1-5-22-13(2)11-16(14(22)3)17(24)12-23-18(25)20(4,21-19(23)26)15-9-7-6-8-10-15/h6-11H,5,12H2,1-4H3,(H,21,26). The first-order valence-corrected chi connectivity index (χ1v) is 8.69. The average Bonchev–Trinajstić information content (AvgIpc) is 3.03. The van der Waals surface area contributed by atoms with Crippen LogP contribution in [0.2, 0.25) is 0 Å². The van der Waals surface area contributed by atoms with Gasteiger partial charge in [-0.3, -0.25) is 14.5 Å². The molecular formula is C20H23N3O3. The minimum Gasteiger partial charge on any atom is -0.349 e. The second-order valence-corrected chi connectivity index (χ2v) is 6.76. The highest BCUT2D eigenvalue weighted by atomic mass is 16.2. The Balaban J connectivity index is 1.86. The molecule has 1 aliphatic rings. The zero-order valence-electron chi connectivity index (χ0n) is 15.5. The van der Waals surface area contributed by atoms with Gasteiger partial charge in [-0.15, -0.1) is 0 Å². The van der Waals surface area contributed by atoms with Gasteiger partial charge >= 0.3 is 6.03 Å². The zero-order chi connectivity index (χ0) is 19.1. The van der Waals surface area contributed by atoms with Gasteiger partial charge in [0, 0.05) is 23.5 Å². The van der Waals surface area contributed by atoms with E-state index in [4.69, 9.17) is 0 Å². The number of rotatable bonds is 5. The molecular weight excluding hydrogens is 330 g/mol. The first kappa shape index (κ1) is 17.9. The number of ketones is 1. The van der Waals surface area contributed by atoms with E-state index in [1.165, 1.54) is 0 Å². The fourth-order valence-corrected chi connectivity index (χ4v) is 3.61. The Bertz CT molecular complexity index is 885. The summed E-state index contributed by atoms with van der Waals surface area (Å²) in [6.45, 7) is 7.99. The number of carbonyl (C=O) groups is 3. The number of aromatic nitrogens is 1. The molecule has 1 aromatic carbocycles. The minimum atomic E-state index is -1.15. The van der Waals surface area contributed by atoms with E-state index in [-0.39, 0.29) is 12.3 Å². The smallest absolute Gasteiger partial charge is 0.325 e. The van der Waals surface area contributed by atoms with Gasteiger partial charge in [0.15, 0.2) is 5.78 Å². The quantitative estimate of drug-likeness (QED) is 0.664. The van der Waals surface area contributed by atoms with Crippen molar-refractivity contribution in [1.29, 1.82) is 0 Å². The van der Waals surface area contributed by atoms with Crippen LogP contribution in [0.5, 0.6) is 0 Å². The number of hydrogen-bond acceptors (Lipinski definition) is 3. The summed E-state index contributed by atoms with van der Waals surface area (Å²) in [6.07, 6.45) is 0. The van der Waals surface area contributed by atoms with Crippen LogP contribution in [-0.4, -0.2) is 33.7 Å². The van der Waals surface area contributed by atoms with Crippen molar-refractivity contribution in [2.75, 3.05) is 6.54 Å². The number of amides is 3. The normalized spacial score (nSPS) is 19.8. The first-order chi connectivity index (χ1) is 12.3. The lowest BCUT2D eigenvalue weighted by Crippen LogP contribution is -2.41. The summed E-state index contributed by atoms with van der Waals surface area (Å²) in [5, 5.41) is 2.73. The Kier molecular flexibility index (Phi) is 4.44.